The Balaban J connectivity index is 0.00000312. The second-order valence-corrected chi connectivity index (χ2v) is 7.45. The molecule has 138 valence electrons. The van der Waals surface area contributed by atoms with E-state index in [0.29, 0.717) is 13.1 Å². The number of guanidine groups is 1. The van der Waals surface area contributed by atoms with Crippen molar-refractivity contribution in [3.8, 4) is 5.75 Å². The second kappa shape index (κ2) is 9.96. The molecule has 0 aliphatic carbocycles. The number of aromatic nitrogens is 1. The number of methoxy groups -OCH3 is 1. The number of benzene rings is 1. The van der Waals surface area contributed by atoms with Crippen molar-refractivity contribution < 1.29 is 4.74 Å². The molecular formula is C18H27IN4OS. The number of nitrogens with one attached hydrogen (secondary N) is 2. The summed E-state index contributed by atoms with van der Waals surface area (Å²) in [5, 5.41) is 9.80. The standard InChI is InChI=1S/C18H26N4OS.HI/c1-18(2,3)15-12-24-16(22-15)11-21-17(19-4)20-10-13-7-6-8-14(9-13)23-5;/h6-9,12H,10-11H2,1-5H3,(H2,19,20,21);1H. The molecule has 7 heteroatoms. The van der Waals surface area contributed by atoms with Gasteiger partial charge in [-0.3, -0.25) is 4.99 Å². The van der Waals surface area contributed by atoms with Crippen LogP contribution in [0.15, 0.2) is 34.6 Å². The summed E-state index contributed by atoms with van der Waals surface area (Å²) in [4.78, 5) is 8.94. The summed E-state index contributed by atoms with van der Waals surface area (Å²) in [6.07, 6.45) is 0. The summed E-state index contributed by atoms with van der Waals surface area (Å²) >= 11 is 1.68. The molecule has 0 bridgehead atoms. The molecule has 0 aliphatic heterocycles. The van der Waals surface area contributed by atoms with Crippen LogP contribution in [0.1, 0.15) is 37.0 Å². The molecule has 0 spiro atoms. The van der Waals surface area contributed by atoms with E-state index in [2.05, 4.69) is 52.8 Å². The lowest BCUT2D eigenvalue weighted by Gasteiger charge is -2.14. The maximum Gasteiger partial charge on any atom is 0.191 e. The molecule has 0 saturated carbocycles. The molecule has 0 aliphatic rings. The molecule has 1 aromatic carbocycles. The summed E-state index contributed by atoms with van der Waals surface area (Å²) in [5.41, 5.74) is 2.35. The molecule has 1 aromatic heterocycles. The molecule has 0 atom stereocenters. The van der Waals surface area contributed by atoms with Crippen LogP contribution in [0, 0.1) is 0 Å². The van der Waals surface area contributed by atoms with E-state index >= 15 is 0 Å². The summed E-state index contributed by atoms with van der Waals surface area (Å²) in [5.74, 6) is 1.61. The van der Waals surface area contributed by atoms with Crippen molar-refractivity contribution in [3.63, 3.8) is 0 Å². The number of hydrogen-bond acceptors (Lipinski definition) is 4. The average molecular weight is 474 g/mol. The van der Waals surface area contributed by atoms with Crippen LogP contribution in [0.4, 0.5) is 0 Å². The Hall–Kier alpha value is -1.35. The number of halogens is 1. The smallest absolute Gasteiger partial charge is 0.191 e. The predicted octanol–water partition coefficient (Wildman–Crippen LogP) is 3.93. The highest BCUT2D eigenvalue weighted by Crippen LogP contribution is 2.23. The molecule has 2 rings (SSSR count). The summed E-state index contributed by atoms with van der Waals surface area (Å²) in [6.45, 7) is 7.87. The lowest BCUT2D eigenvalue weighted by molar-refractivity contribution is 0.414. The Labute approximate surface area is 171 Å². The third-order valence-corrected chi connectivity index (χ3v) is 4.39. The van der Waals surface area contributed by atoms with Crippen molar-refractivity contribution in [2.24, 2.45) is 4.99 Å². The first-order valence-corrected chi connectivity index (χ1v) is 8.82. The molecule has 2 aromatic rings. The van der Waals surface area contributed by atoms with E-state index < -0.39 is 0 Å². The highest BCUT2D eigenvalue weighted by molar-refractivity contribution is 14.0. The lowest BCUT2D eigenvalue weighted by atomic mass is 9.93. The van der Waals surface area contributed by atoms with Crippen molar-refractivity contribution in [1.29, 1.82) is 0 Å². The summed E-state index contributed by atoms with van der Waals surface area (Å²) < 4.78 is 5.24. The first kappa shape index (κ1) is 21.7. The average Bonchev–Trinajstić information content (AvgIpc) is 3.04. The number of rotatable bonds is 5. The zero-order valence-electron chi connectivity index (χ0n) is 15.4. The molecule has 25 heavy (non-hydrogen) atoms. The fourth-order valence-corrected chi connectivity index (χ4v) is 3.05. The molecule has 2 N–H and O–H groups in total. The molecule has 0 saturated heterocycles. The summed E-state index contributed by atoms with van der Waals surface area (Å²) in [6, 6.07) is 7.98. The first-order valence-electron chi connectivity index (χ1n) is 7.94. The molecule has 1 heterocycles. The van der Waals surface area contributed by atoms with Gasteiger partial charge < -0.3 is 15.4 Å². The zero-order valence-corrected chi connectivity index (χ0v) is 18.6. The lowest BCUT2D eigenvalue weighted by Crippen LogP contribution is -2.36. The van der Waals surface area contributed by atoms with Crippen LogP contribution < -0.4 is 15.4 Å². The Morgan fingerprint density at radius 3 is 2.56 bits per heavy atom. The molecule has 0 amide bonds. The molecular weight excluding hydrogens is 447 g/mol. The third kappa shape index (κ3) is 6.81. The van der Waals surface area contributed by atoms with Crippen LogP contribution in [0.2, 0.25) is 0 Å². The number of ether oxygens (including phenoxy) is 1. The minimum atomic E-state index is 0. The van der Waals surface area contributed by atoms with Gasteiger partial charge in [0.1, 0.15) is 10.8 Å². The Kier molecular flexibility index (Phi) is 8.64. The van der Waals surface area contributed by atoms with E-state index in [9.17, 15) is 0 Å². The van der Waals surface area contributed by atoms with Gasteiger partial charge in [-0.15, -0.1) is 35.3 Å². The van der Waals surface area contributed by atoms with Crippen molar-refractivity contribution in [2.45, 2.75) is 39.3 Å². The van der Waals surface area contributed by atoms with Gasteiger partial charge in [0.15, 0.2) is 5.96 Å². The van der Waals surface area contributed by atoms with E-state index in [-0.39, 0.29) is 29.4 Å². The van der Waals surface area contributed by atoms with Crippen LogP contribution in [-0.4, -0.2) is 25.1 Å². The van der Waals surface area contributed by atoms with Crippen LogP contribution in [0.25, 0.3) is 0 Å². The highest BCUT2D eigenvalue weighted by atomic mass is 127. The fourth-order valence-electron chi connectivity index (χ4n) is 2.08. The van der Waals surface area contributed by atoms with E-state index in [4.69, 9.17) is 4.74 Å². The minimum Gasteiger partial charge on any atom is -0.497 e. The van der Waals surface area contributed by atoms with Gasteiger partial charge in [0.25, 0.3) is 0 Å². The van der Waals surface area contributed by atoms with Gasteiger partial charge >= 0.3 is 0 Å². The van der Waals surface area contributed by atoms with Gasteiger partial charge in [-0.05, 0) is 17.7 Å². The SMILES string of the molecule is CN=C(NCc1cccc(OC)c1)NCc1nc(C(C)(C)C)cs1.I. The number of hydrogen-bond donors (Lipinski definition) is 2. The zero-order chi connectivity index (χ0) is 17.6. The molecule has 0 fully saturated rings. The quantitative estimate of drug-likeness (QED) is 0.392. The van der Waals surface area contributed by atoms with Gasteiger partial charge in [0, 0.05) is 24.4 Å². The van der Waals surface area contributed by atoms with Gasteiger partial charge in [-0.2, -0.15) is 0 Å². The van der Waals surface area contributed by atoms with E-state index in [1.165, 1.54) is 0 Å². The number of aliphatic imine (C=N–C) groups is 1. The summed E-state index contributed by atoms with van der Waals surface area (Å²) in [7, 11) is 3.44. The third-order valence-electron chi connectivity index (χ3n) is 3.54. The molecule has 5 nitrogen and oxygen atoms in total. The monoisotopic (exact) mass is 474 g/mol. The van der Waals surface area contributed by atoms with Gasteiger partial charge in [-0.1, -0.05) is 32.9 Å². The Bertz CT molecular complexity index is 694. The van der Waals surface area contributed by atoms with E-state index in [1.54, 1.807) is 25.5 Å². The van der Waals surface area contributed by atoms with Crippen LogP contribution >= 0.6 is 35.3 Å². The van der Waals surface area contributed by atoms with Crippen molar-refractivity contribution in [3.05, 3.63) is 45.9 Å². The van der Waals surface area contributed by atoms with Crippen LogP contribution in [-0.2, 0) is 18.5 Å². The van der Waals surface area contributed by atoms with Crippen LogP contribution in [0.5, 0.6) is 5.75 Å². The number of thiazole rings is 1. The first-order chi connectivity index (χ1) is 11.4. The van der Waals surface area contributed by atoms with Gasteiger partial charge in [-0.25, -0.2) is 4.98 Å². The Morgan fingerprint density at radius 2 is 1.96 bits per heavy atom. The highest BCUT2D eigenvalue weighted by Gasteiger charge is 2.17. The fraction of sp³-hybridized carbons (Fsp3) is 0.444. The van der Waals surface area contributed by atoms with E-state index in [1.807, 2.05) is 18.2 Å². The largest absolute Gasteiger partial charge is 0.497 e. The topological polar surface area (TPSA) is 58.5 Å². The van der Waals surface area contributed by atoms with Crippen molar-refractivity contribution in [1.82, 2.24) is 15.6 Å². The van der Waals surface area contributed by atoms with Crippen molar-refractivity contribution >= 4 is 41.3 Å². The van der Waals surface area contributed by atoms with Gasteiger partial charge in [0.05, 0.1) is 19.3 Å². The van der Waals surface area contributed by atoms with Crippen LogP contribution in [0.3, 0.4) is 0 Å². The van der Waals surface area contributed by atoms with E-state index in [0.717, 1.165) is 28.0 Å². The molecule has 0 radical (unpaired) electrons. The predicted molar refractivity (Wildman–Crippen MR) is 116 cm³/mol. The van der Waals surface area contributed by atoms with Gasteiger partial charge in [0.2, 0.25) is 0 Å². The normalized spacial score (nSPS) is 11.6. The Morgan fingerprint density at radius 1 is 1.24 bits per heavy atom. The second-order valence-electron chi connectivity index (χ2n) is 6.51. The number of nitrogens with zero attached hydrogens (tertiary/aromatic N) is 2. The van der Waals surface area contributed by atoms with Crippen molar-refractivity contribution in [2.75, 3.05) is 14.2 Å². The molecule has 0 unspecified atom stereocenters. The minimum absolute atomic E-state index is 0. The maximum absolute atomic E-state index is 5.24. The maximum atomic E-state index is 5.24.